The van der Waals surface area contributed by atoms with Crippen molar-refractivity contribution in [3.63, 3.8) is 0 Å². The Morgan fingerprint density at radius 1 is 1.24 bits per heavy atom. The number of hydrogen-bond donors (Lipinski definition) is 2. The van der Waals surface area contributed by atoms with Crippen LogP contribution in [0.4, 0.5) is 4.79 Å². The Morgan fingerprint density at radius 3 is 2.41 bits per heavy atom. The van der Waals surface area contributed by atoms with Gasteiger partial charge in [0.05, 0.1) is 18.2 Å². The number of amides is 3. The molecule has 3 amide bonds. The number of benzene rings is 1. The number of urea groups is 1. The van der Waals surface area contributed by atoms with Gasteiger partial charge in [0.25, 0.3) is 0 Å². The molecule has 1 spiro atoms. The molecule has 4 rings (SSSR count). The van der Waals surface area contributed by atoms with Gasteiger partial charge in [-0.15, -0.1) is 0 Å². The van der Waals surface area contributed by atoms with Gasteiger partial charge in [-0.3, -0.25) is 4.79 Å². The lowest BCUT2D eigenvalue weighted by Crippen LogP contribution is -2.86. The number of rotatable bonds is 5. The summed E-state index contributed by atoms with van der Waals surface area (Å²) in [5.74, 6) is 0.283. The minimum Gasteiger partial charge on any atom is -0.394 e. The molecule has 2 aliphatic heterocycles. The topological polar surface area (TPSA) is 72.9 Å². The third kappa shape index (κ3) is 3.33. The monoisotopic (exact) mass is 397 g/mol. The molecule has 2 heterocycles. The van der Waals surface area contributed by atoms with Crippen LogP contribution in [0.25, 0.3) is 6.08 Å². The average molecular weight is 398 g/mol. The molecule has 1 saturated carbocycles. The van der Waals surface area contributed by atoms with Gasteiger partial charge in [-0.1, -0.05) is 36.4 Å². The van der Waals surface area contributed by atoms with E-state index in [0.717, 1.165) is 24.0 Å². The van der Waals surface area contributed by atoms with E-state index in [2.05, 4.69) is 29.6 Å². The maximum Gasteiger partial charge on any atom is 0.317 e. The minimum absolute atomic E-state index is 0.0398. The Kier molecular flexibility index (Phi) is 5.15. The zero-order valence-electron chi connectivity index (χ0n) is 17.5. The normalized spacial score (nSPS) is 25.3. The summed E-state index contributed by atoms with van der Waals surface area (Å²) in [5.41, 5.74) is 1.85. The van der Waals surface area contributed by atoms with Crippen LogP contribution in [-0.2, 0) is 4.79 Å². The van der Waals surface area contributed by atoms with E-state index in [-0.39, 0.29) is 42.5 Å². The first kappa shape index (κ1) is 20.0. The second-order valence-electron chi connectivity index (χ2n) is 8.94. The molecule has 1 aromatic rings. The van der Waals surface area contributed by atoms with Gasteiger partial charge < -0.3 is 20.2 Å². The molecule has 2 saturated heterocycles. The molecule has 2 N–H and O–H groups in total. The first-order chi connectivity index (χ1) is 13.9. The van der Waals surface area contributed by atoms with E-state index < -0.39 is 5.54 Å². The van der Waals surface area contributed by atoms with Crippen molar-refractivity contribution in [3.8, 4) is 0 Å². The predicted octanol–water partition coefficient (Wildman–Crippen LogP) is 2.59. The summed E-state index contributed by atoms with van der Waals surface area (Å²) in [5, 5.41) is 13.1. The molecule has 0 unspecified atom stereocenters. The molecule has 156 valence electrons. The number of aliphatic hydroxyl groups excluding tert-OH is 1. The first-order valence-electron chi connectivity index (χ1n) is 10.6. The maximum atomic E-state index is 13.0. The number of nitrogens with zero attached hydrogens (tertiary/aromatic N) is 2. The lowest BCUT2D eigenvalue weighted by Gasteiger charge is -2.70. The standard InChI is InChI=1S/C23H31N3O3/c1-4-5-16-6-8-17(9-7-16)20-19(12-27)26(21(28)18-10-11-18)23(20)13-25(14-23)22(29)24-15(2)3/h4-9,15,18-20,27H,10-14H2,1-3H3,(H,24,29)/b5-4+/t19-,20+/m1/s1. The van der Waals surface area contributed by atoms with Crippen LogP contribution in [0.5, 0.6) is 0 Å². The molecule has 0 aromatic heterocycles. The van der Waals surface area contributed by atoms with Gasteiger partial charge >= 0.3 is 6.03 Å². The summed E-state index contributed by atoms with van der Waals surface area (Å²) in [4.78, 5) is 29.2. The molecule has 6 nitrogen and oxygen atoms in total. The number of carbonyl (C=O) groups is 2. The number of allylic oxidation sites excluding steroid dienone is 1. The summed E-state index contributed by atoms with van der Waals surface area (Å²) < 4.78 is 0. The summed E-state index contributed by atoms with van der Waals surface area (Å²) in [6.45, 7) is 6.85. The molecular formula is C23H31N3O3. The Morgan fingerprint density at radius 2 is 1.90 bits per heavy atom. The van der Waals surface area contributed by atoms with Gasteiger partial charge in [0.2, 0.25) is 5.91 Å². The zero-order chi connectivity index (χ0) is 20.8. The molecule has 0 radical (unpaired) electrons. The molecule has 2 atom stereocenters. The van der Waals surface area contributed by atoms with Crippen molar-refractivity contribution in [2.75, 3.05) is 19.7 Å². The van der Waals surface area contributed by atoms with Gasteiger partial charge in [0.15, 0.2) is 0 Å². The first-order valence-corrected chi connectivity index (χ1v) is 10.6. The van der Waals surface area contributed by atoms with Gasteiger partial charge in [0, 0.05) is 31.0 Å². The third-order valence-electron chi connectivity index (χ3n) is 6.41. The maximum absolute atomic E-state index is 13.0. The van der Waals surface area contributed by atoms with E-state index in [4.69, 9.17) is 0 Å². The van der Waals surface area contributed by atoms with Gasteiger partial charge in [-0.05, 0) is 44.7 Å². The van der Waals surface area contributed by atoms with E-state index in [9.17, 15) is 14.7 Å². The van der Waals surface area contributed by atoms with E-state index >= 15 is 0 Å². The Labute approximate surface area is 172 Å². The SMILES string of the molecule is C/C=C/c1ccc([C@H]2[C@@H](CO)N(C(=O)C3CC3)C23CN(C(=O)NC(C)C)C3)cc1. The molecular weight excluding hydrogens is 366 g/mol. The molecule has 1 aromatic carbocycles. The molecule has 29 heavy (non-hydrogen) atoms. The highest BCUT2D eigenvalue weighted by atomic mass is 16.3. The van der Waals surface area contributed by atoms with Crippen LogP contribution < -0.4 is 5.32 Å². The fraction of sp³-hybridized carbons (Fsp3) is 0.565. The van der Waals surface area contributed by atoms with Crippen molar-refractivity contribution in [1.29, 1.82) is 0 Å². The zero-order valence-corrected chi connectivity index (χ0v) is 17.5. The predicted molar refractivity (Wildman–Crippen MR) is 112 cm³/mol. The van der Waals surface area contributed by atoms with Crippen LogP contribution in [-0.4, -0.2) is 64.2 Å². The van der Waals surface area contributed by atoms with E-state index in [1.165, 1.54) is 0 Å². The number of likely N-dealkylation sites (tertiary alicyclic amines) is 2. The smallest absolute Gasteiger partial charge is 0.317 e. The Balaban J connectivity index is 1.60. The van der Waals surface area contributed by atoms with E-state index in [0.29, 0.717) is 13.1 Å². The quantitative estimate of drug-likeness (QED) is 0.802. The van der Waals surface area contributed by atoms with Gasteiger partial charge in [-0.25, -0.2) is 4.79 Å². The van der Waals surface area contributed by atoms with Crippen molar-refractivity contribution in [1.82, 2.24) is 15.1 Å². The molecule has 6 heteroatoms. The van der Waals surface area contributed by atoms with Gasteiger partial charge in [0.1, 0.15) is 0 Å². The number of nitrogens with one attached hydrogen (secondary N) is 1. The van der Waals surface area contributed by atoms with Crippen LogP contribution in [0.3, 0.4) is 0 Å². The van der Waals surface area contributed by atoms with E-state index in [1.807, 2.05) is 37.8 Å². The highest BCUT2D eigenvalue weighted by Crippen LogP contribution is 2.55. The average Bonchev–Trinajstić information content (AvgIpc) is 3.46. The van der Waals surface area contributed by atoms with Crippen LogP contribution in [0.1, 0.15) is 50.7 Å². The van der Waals surface area contributed by atoms with Crippen molar-refractivity contribution in [2.45, 2.75) is 57.2 Å². The van der Waals surface area contributed by atoms with Crippen molar-refractivity contribution in [2.24, 2.45) is 5.92 Å². The lowest BCUT2D eigenvalue weighted by atomic mass is 9.60. The summed E-state index contributed by atoms with van der Waals surface area (Å²) in [6.07, 6.45) is 5.92. The number of aliphatic hydroxyl groups is 1. The fourth-order valence-corrected chi connectivity index (χ4v) is 4.99. The third-order valence-corrected chi connectivity index (χ3v) is 6.41. The molecule has 3 aliphatic rings. The van der Waals surface area contributed by atoms with Crippen LogP contribution in [0, 0.1) is 5.92 Å². The van der Waals surface area contributed by atoms with E-state index in [1.54, 1.807) is 4.90 Å². The molecule has 1 aliphatic carbocycles. The Bertz CT molecular complexity index is 807. The summed E-state index contributed by atoms with van der Waals surface area (Å²) >= 11 is 0. The molecule has 3 fully saturated rings. The van der Waals surface area contributed by atoms with Gasteiger partial charge in [-0.2, -0.15) is 0 Å². The second kappa shape index (κ2) is 7.48. The van der Waals surface area contributed by atoms with Crippen molar-refractivity contribution >= 4 is 18.0 Å². The van der Waals surface area contributed by atoms with Crippen molar-refractivity contribution in [3.05, 3.63) is 41.5 Å². The second-order valence-corrected chi connectivity index (χ2v) is 8.94. The minimum atomic E-state index is -0.399. The van der Waals surface area contributed by atoms with Crippen LogP contribution in [0.15, 0.2) is 30.3 Å². The van der Waals surface area contributed by atoms with Crippen LogP contribution in [0.2, 0.25) is 0 Å². The lowest BCUT2D eigenvalue weighted by molar-refractivity contribution is -0.194. The largest absolute Gasteiger partial charge is 0.394 e. The van der Waals surface area contributed by atoms with Crippen molar-refractivity contribution < 1.29 is 14.7 Å². The fourth-order valence-electron chi connectivity index (χ4n) is 4.99. The summed E-state index contributed by atoms with van der Waals surface area (Å²) in [6, 6.07) is 8.12. The number of carbonyl (C=O) groups excluding carboxylic acids is 2. The van der Waals surface area contributed by atoms with Crippen LogP contribution >= 0.6 is 0 Å². The summed E-state index contributed by atoms with van der Waals surface area (Å²) in [7, 11) is 0. The number of hydrogen-bond acceptors (Lipinski definition) is 3. The highest BCUT2D eigenvalue weighted by Gasteiger charge is 2.69. The Hall–Kier alpha value is -2.34. The molecule has 0 bridgehead atoms. The highest BCUT2D eigenvalue weighted by molar-refractivity contribution is 5.85.